The monoisotopic (exact) mass is 322 g/mol. The molecule has 0 spiro atoms. The van der Waals surface area contributed by atoms with Gasteiger partial charge in [0.2, 0.25) is 11.2 Å². The van der Waals surface area contributed by atoms with E-state index in [9.17, 15) is 0 Å². The third-order valence-corrected chi connectivity index (χ3v) is 4.24. The zero-order valence-electron chi connectivity index (χ0n) is 11.8. The van der Waals surface area contributed by atoms with Crippen LogP contribution in [0.3, 0.4) is 0 Å². The molecule has 3 rings (SSSR count). The van der Waals surface area contributed by atoms with Crippen molar-refractivity contribution in [1.82, 2.24) is 15.0 Å². The standard InChI is InChI=1S/C15H16Cl2N4/c1-10-5-6-11(9-12(10)16)13-18-14(17)20-15(19-13)21-7-3-2-4-8-21/h5-6,9H,2-4,7-8H2,1H3. The highest BCUT2D eigenvalue weighted by Gasteiger charge is 2.16. The molecule has 4 nitrogen and oxygen atoms in total. The Hall–Kier alpha value is -1.39. The van der Waals surface area contributed by atoms with E-state index < -0.39 is 0 Å². The number of aryl methyl sites for hydroxylation is 1. The van der Waals surface area contributed by atoms with Crippen LogP contribution in [0.4, 0.5) is 5.95 Å². The summed E-state index contributed by atoms with van der Waals surface area (Å²) >= 11 is 12.2. The number of halogens is 2. The first-order valence-corrected chi connectivity index (χ1v) is 7.82. The first-order chi connectivity index (χ1) is 10.1. The molecule has 110 valence electrons. The van der Waals surface area contributed by atoms with Gasteiger partial charge in [-0.2, -0.15) is 15.0 Å². The summed E-state index contributed by atoms with van der Waals surface area (Å²) in [5.74, 6) is 1.22. The Bertz CT molecular complexity index is 654. The summed E-state index contributed by atoms with van der Waals surface area (Å²) in [6, 6.07) is 5.77. The van der Waals surface area contributed by atoms with E-state index in [1.165, 1.54) is 6.42 Å². The third kappa shape index (κ3) is 3.27. The zero-order valence-corrected chi connectivity index (χ0v) is 13.3. The molecule has 0 N–H and O–H groups in total. The minimum atomic E-state index is 0.220. The minimum Gasteiger partial charge on any atom is -0.341 e. The van der Waals surface area contributed by atoms with Crippen molar-refractivity contribution in [2.24, 2.45) is 0 Å². The smallest absolute Gasteiger partial charge is 0.230 e. The number of nitrogens with zero attached hydrogens (tertiary/aromatic N) is 4. The molecule has 6 heteroatoms. The van der Waals surface area contributed by atoms with Gasteiger partial charge in [-0.3, -0.25) is 0 Å². The van der Waals surface area contributed by atoms with Gasteiger partial charge >= 0.3 is 0 Å². The Kier molecular flexibility index (Phi) is 4.27. The lowest BCUT2D eigenvalue weighted by Gasteiger charge is -2.26. The maximum Gasteiger partial charge on any atom is 0.230 e. The number of rotatable bonds is 2. The van der Waals surface area contributed by atoms with Crippen molar-refractivity contribution < 1.29 is 0 Å². The van der Waals surface area contributed by atoms with Crippen LogP contribution in [0.2, 0.25) is 10.3 Å². The first-order valence-electron chi connectivity index (χ1n) is 7.06. The molecule has 0 radical (unpaired) electrons. The number of anilines is 1. The lowest BCUT2D eigenvalue weighted by Crippen LogP contribution is -2.31. The fraction of sp³-hybridized carbons (Fsp3) is 0.400. The summed E-state index contributed by atoms with van der Waals surface area (Å²) in [6.45, 7) is 3.90. The average molecular weight is 323 g/mol. The second-order valence-electron chi connectivity index (χ2n) is 5.24. The topological polar surface area (TPSA) is 41.9 Å². The van der Waals surface area contributed by atoms with Crippen molar-refractivity contribution in [2.45, 2.75) is 26.2 Å². The molecule has 0 bridgehead atoms. The van der Waals surface area contributed by atoms with Crippen molar-refractivity contribution in [2.75, 3.05) is 18.0 Å². The zero-order chi connectivity index (χ0) is 14.8. The Balaban J connectivity index is 1.98. The maximum atomic E-state index is 6.18. The minimum absolute atomic E-state index is 0.220. The van der Waals surface area contributed by atoms with E-state index in [0.29, 0.717) is 16.8 Å². The van der Waals surface area contributed by atoms with Crippen LogP contribution in [-0.2, 0) is 0 Å². The van der Waals surface area contributed by atoms with E-state index in [-0.39, 0.29) is 5.28 Å². The van der Waals surface area contributed by atoms with E-state index in [1.54, 1.807) is 0 Å². The molecular formula is C15H16Cl2N4. The lowest BCUT2D eigenvalue weighted by molar-refractivity contribution is 0.567. The molecule has 1 saturated heterocycles. The molecule has 0 amide bonds. The van der Waals surface area contributed by atoms with Crippen LogP contribution in [0.5, 0.6) is 0 Å². The molecule has 0 aliphatic carbocycles. The molecule has 0 unspecified atom stereocenters. The van der Waals surface area contributed by atoms with Gasteiger partial charge in [-0.15, -0.1) is 0 Å². The molecule has 2 heterocycles. The normalized spacial score (nSPS) is 15.3. The van der Waals surface area contributed by atoms with Crippen molar-refractivity contribution in [3.63, 3.8) is 0 Å². The van der Waals surface area contributed by atoms with Gasteiger partial charge in [0, 0.05) is 23.7 Å². The Morgan fingerprint density at radius 2 is 1.76 bits per heavy atom. The number of piperidine rings is 1. The molecule has 1 aliphatic rings. The van der Waals surface area contributed by atoms with Gasteiger partial charge in [0.15, 0.2) is 5.82 Å². The van der Waals surface area contributed by atoms with Crippen LogP contribution in [0, 0.1) is 6.92 Å². The second kappa shape index (κ2) is 6.16. The highest BCUT2D eigenvalue weighted by Crippen LogP contribution is 2.25. The fourth-order valence-electron chi connectivity index (χ4n) is 2.44. The summed E-state index contributed by atoms with van der Waals surface area (Å²) in [6.07, 6.45) is 3.58. The summed E-state index contributed by atoms with van der Waals surface area (Å²) in [5, 5.41) is 0.917. The molecule has 1 aliphatic heterocycles. The predicted molar refractivity (Wildman–Crippen MR) is 86.1 cm³/mol. The van der Waals surface area contributed by atoms with Crippen molar-refractivity contribution in [3.05, 3.63) is 34.1 Å². The van der Waals surface area contributed by atoms with Crippen LogP contribution < -0.4 is 4.90 Å². The largest absolute Gasteiger partial charge is 0.341 e. The number of hydrogen-bond donors (Lipinski definition) is 0. The highest BCUT2D eigenvalue weighted by molar-refractivity contribution is 6.31. The average Bonchev–Trinajstić information content (AvgIpc) is 2.50. The van der Waals surface area contributed by atoms with Crippen LogP contribution in [0.25, 0.3) is 11.4 Å². The maximum absolute atomic E-state index is 6.18. The Morgan fingerprint density at radius 3 is 2.48 bits per heavy atom. The van der Waals surface area contributed by atoms with Gasteiger partial charge in [0.05, 0.1) is 0 Å². The van der Waals surface area contributed by atoms with Gasteiger partial charge in [-0.05, 0) is 49.4 Å². The van der Waals surface area contributed by atoms with Crippen LogP contribution in [0.15, 0.2) is 18.2 Å². The van der Waals surface area contributed by atoms with Crippen LogP contribution in [0.1, 0.15) is 24.8 Å². The Labute approximate surface area is 134 Å². The molecular weight excluding hydrogens is 307 g/mol. The number of hydrogen-bond acceptors (Lipinski definition) is 4. The molecule has 1 aromatic heterocycles. The lowest BCUT2D eigenvalue weighted by atomic mass is 10.1. The van der Waals surface area contributed by atoms with Gasteiger partial charge in [0.25, 0.3) is 0 Å². The van der Waals surface area contributed by atoms with Crippen molar-refractivity contribution in [3.8, 4) is 11.4 Å². The van der Waals surface area contributed by atoms with Crippen molar-refractivity contribution in [1.29, 1.82) is 0 Å². The quantitative estimate of drug-likeness (QED) is 0.833. The van der Waals surface area contributed by atoms with E-state index in [0.717, 1.165) is 37.1 Å². The molecule has 2 aromatic rings. The summed E-state index contributed by atoms with van der Waals surface area (Å²) in [4.78, 5) is 15.2. The van der Waals surface area contributed by atoms with Gasteiger partial charge < -0.3 is 4.90 Å². The summed E-state index contributed by atoms with van der Waals surface area (Å²) in [5.41, 5.74) is 1.88. The van der Waals surface area contributed by atoms with E-state index in [2.05, 4.69) is 19.9 Å². The third-order valence-electron chi connectivity index (χ3n) is 3.67. The van der Waals surface area contributed by atoms with Crippen LogP contribution >= 0.6 is 23.2 Å². The molecule has 21 heavy (non-hydrogen) atoms. The van der Waals surface area contributed by atoms with Crippen LogP contribution in [-0.4, -0.2) is 28.0 Å². The fourth-order valence-corrected chi connectivity index (χ4v) is 2.77. The summed E-state index contributed by atoms with van der Waals surface area (Å²) in [7, 11) is 0. The first kappa shape index (κ1) is 14.5. The van der Waals surface area contributed by atoms with E-state index in [1.807, 2.05) is 25.1 Å². The Morgan fingerprint density at radius 1 is 1.00 bits per heavy atom. The number of benzene rings is 1. The van der Waals surface area contributed by atoms with E-state index in [4.69, 9.17) is 23.2 Å². The van der Waals surface area contributed by atoms with Gasteiger partial charge in [-0.1, -0.05) is 23.7 Å². The SMILES string of the molecule is Cc1ccc(-c2nc(Cl)nc(N3CCCCC3)n2)cc1Cl. The highest BCUT2D eigenvalue weighted by atomic mass is 35.5. The molecule has 0 atom stereocenters. The predicted octanol–water partition coefficient (Wildman–Crippen LogP) is 4.14. The van der Waals surface area contributed by atoms with Gasteiger partial charge in [0.1, 0.15) is 0 Å². The summed E-state index contributed by atoms with van der Waals surface area (Å²) < 4.78 is 0. The van der Waals surface area contributed by atoms with Gasteiger partial charge in [-0.25, -0.2) is 0 Å². The van der Waals surface area contributed by atoms with Crippen molar-refractivity contribution >= 4 is 29.2 Å². The number of aromatic nitrogens is 3. The second-order valence-corrected chi connectivity index (χ2v) is 5.98. The molecule has 1 fully saturated rings. The van der Waals surface area contributed by atoms with E-state index >= 15 is 0 Å². The molecule has 0 saturated carbocycles. The molecule has 1 aromatic carbocycles.